The van der Waals surface area contributed by atoms with Gasteiger partial charge in [-0.05, 0) is 38.4 Å². The number of carbonyl (C=O) groups is 1. The molecule has 0 saturated carbocycles. The van der Waals surface area contributed by atoms with Crippen molar-refractivity contribution in [2.24, 2.45) is 0 Å². The van der Waals surface area contributed by atoms with Crippen molar-refractivity contribution < 1.29 is 11.6 Å². The van der Waals surface area contributed by atoms with E-state index in [1.54, 1.807) is 32.0 Å². The Morgan fingerprint density at radius 2 is 2.33 bits per heavy atom. The van der Waals surface area contributed by atoms with Crippen LogP contribution in [0.25, 0.3) is 0 Å². The predicted octanol–water partition coefficient (Wildman–Crippen LogP) is 2.92. The Kier molecular flexibility index (Phi) is 2.18. The first-order valence-electron chi connectivity index (χ1n) is 7.15. The fourth-order valence-electron chi connectivity index (χ4n) is 1.27. The highest BCUT2D eigenvalue weighted by Crippen LogP contribution is 2.19. The molecule has 0 fully saturated rings. The molecule has 80 valence electrons. The van der Waals surface area contributed by atoms with Gasteiger partial charge >= 0.3 is 0 Å². The van der Waals surface area contributed by atoms with Crippen LogP contribution in [0.15, 0.2) is 36.4 Å². The largest absolute Gasteiger partial charge is 0.309 e. The number of allylic oxidation sites excluding steroid dienone is 1. The standard InChI is InChI=1S/C13H17NO/c1-4-8-13(15)14(5-2)12-10-7-6-9-11(12)3/h4,6-10H,5H2,1-3H3/b8-4+/i2D3,5D2. The maximum absolute atomic E-state index is 12.1. The molecule has 0 radical (unpaired) electrons. The van der Waals surface area contributed by atoms with E-state index in [4.69, 9.17) is 6.85 Å². The van der Waals surface area contributed by atoms with Crippen LogP contribution in [0.1, 0.15) is 26.2 Å². The molecule has 2 nitrogen and oxygen atoms in total. The van der Waals surface area contributed by atoms with Gasteiger partial charge in [0.2, 0.25) is 0 Å². The Balaban J connectivity index is 3.45. The van der Waals surface area contributed by atoms with Crippen LogP contribution in [0, 0.1) is 6.92 Å². The molecule has 1 aromatic carbocycles. The molecule has 0 aliphatic carbocycles. The minimum atomic E-state index is -2.95. The fourth-order valence-corrected chi connectivity index (χ4v) is 1.27. The molecule has 2 heteroatoms. The maximum atomic E-state index is 12.1. The van der Waals surface area contributed by atoms with E-state index in [0.29, 0.717) is 10.5 Å². The lowest BCUT2D eigenvalue weighted by atomic mass is 10.2. The lowest BCUT2D eigenvalue weighted by molar-refractivity contribution is -0.114. The predicted molar refractivity (Wildman–Crippen MR) is 64.0 cm³/mol. The van der Waals surface area contributed by atoms with Gasteiger partial charge in [-0.15, -0.1) is 0 Å². The van der Waals surface area contributed by atoms with Gasteiger partial charge in [0, 0.05) is 19.0 Å². The van der Waals surface area contributed by atoms with Crippen LogP contribution in [-0.4, -0.2) is 12.4 Å². The molecule has 0 heterocycles. The van der Waals surface area contributed by atoms with Gasteiger partial charge in [-0.3, -0.25) is 4.79 Å². The van der Waals surface area contributed by atoms with Crippen molar-refractivity contribution in [3.05, 3.63) is 42.0 Å². The van der Waals surface area contributed by atoms with Crippen molar-refractivity contribution in [1.29, 1.82) is 0 Å². The normalized spacial score (nSPS) is 17.3. The van der Waals surface area contributed by atoms with E-state index >= 15 is 0 Å². The number of nitrogens with zero attached hydrogens (tertiary/aromatic N) is 1. The Labute approximate surface area is 98.2 Å². The molecule has 1 amide bonds. The molecule has 0 aromatic heterocycles. The molecule has 1 aromatic rings. The number of amides is 1. The SMILES string of the molecule is [2H]C([2H])([2H])C([2H])([2H])N(C(=O)/C=C/C)c1ccccc1C. The van der Waals surface area contributed by atoms with Gasteiger partial charge in [0.15, 0.2) is 0 Å². The first kappa shape index (κ1) is 6.11. The van der Waals surface area contributed by atoms with Crippen molar-refractivity contribution in [3.8, 4) is 0 Å². The van der Waals surface area contributed by atoms with Crippen LogP contribution in [0.5, 0.6) is 0 Å². The molecule has 0 aliphatic heterocycles. The number of aryl methyl sites for hydroxylation is 1. The topological polar surface area (TPSA) is 20.3 Å². The lowest BCUT2D eigenvalue weighted by Crippen LogP contribution is -2.29. The fraction of sp³-hybridized carbons (Fsp3) is 0.308. The van der Waals surface area contributed by atoms with Crippen molar-refractivity contribution in [1.82, 2.24) is 0 Å². The Bertz CT molecular complexity index is 522. The summed E-state index contributed by atoms with van der Waals surface area (Å²) in [5.41, 5.74) is 0.871. The summed E-state index contributed by atoms with van der Waals surface area (Å²) in [4.78, 5) is 12.8. The Morgan fingerprint density at radius 3 is 2.93 bits per heavy atom. The Morgan fingerprint density at radius 1 is 1.60 bits per heavy atom. The third kappa shape index (κ3) is 2.69. The van der Waals surface area contributed by atoms with Crippen LogP contribution in [0.3, 0.4) is 0 Å². The van der Waals surface area contributed by atoms with E-state index in [2.05, 4.69) is 0 Å². The molecule has 0 bridgehead atoms. The minimum Gasteiger partial charge on any atom is -0.309 e. The average Bonchev–Trinajstić information content (AvgIpc) is 2.30. The number of hydrogen-bond acceptors (Lipinski definition) is 1. The monoisotopic (exact) mass is 208 g/mol. The van der Waals surface area contributed by atoms with Gasteiger partial charge in [-0.1, -0.05) is 24.3 Å². The van der Waals surface area contributed by atoms with Crippen molar-refractivity contribution in [2.75, 3.05) is 11.4 Å². The first-order valence-corrected chi connectivity index (χ1v) is 4.65. The summed E-state index contributed by atoms with van der Waals surface area (Å²) in [6.07, 6.45) is 2.60. The van der Waals surface area contributed by atoms with Crippen molar-refractivity contribution >= 4 is 11.6 Å². The zero-order valence-electron chi connectivity index (χ0n) is 13.8. The third-order valence-electron chi connectivity index (χ3n) is 2.00. The van der Waals surface area contributed by atoms with Crippen LogP contribution in [0.2, 0.25) is 0 Å². The van der Waals surface area contributed by atoms with E-state index in [-0.39, 0.29) is 5.69 Å². The second-order valence-corrected chi connectivity index (χ2v) is 3.07. The van der Waals surface area contributed by atoms with Gasteiger partial charge in [-0.25, -0.2) is 0 Å². The minimum absolute atomic E-state index is 0.247. The molecule has 0 atom stereocenters. The molecule has 0 unspecified atom stereocenters. The second kappa shape index (κ2) is 5.35. The first-order chi connectivity index (χ1) is 9.13. The summed E-state index contributed by atoms with van der Waals surface area (Å²) in [6.45, 7) is -2.44. The molecule has 0 spiro atoms. The number of benzene rings is 1. The number of rotatable bonds is 3. The highest BCUT2D eigenvalue weighted by molar-refractivity contribution is 6.01. The number of hydrogen-bond donors (Lipinski definition) is 0. The summed E-state index contributed by atoms with van der Waals surface area (Å²) >= 11 is 0. The summed E-state index contributed by atoms with van der Waals surface area (Å²) in [5.74, 6) is -0.706. The van der Waals surface area contributed by atoms with E-state index in [1.165, 1.54) is 12.1 Å². The van der Waals surface area contributed by atoms with Crippen LogP contribution < -0.4 is 4.90 Å². The van der Waals surface area contributed by atoms with Crippen LogP contribution >= 0.6 is 0 Å². The zero-order chi connectivity index (χ0) is 15.6. The zero-order valence-corrected chi connectivity index (χ0v) is 8.82. The number of likely N-dealkylation sites (N-methyl/N-ethyl adjacent to an activating group) is 1. The molecule has 0 aliphatic rings. The van der Waals surface area contributed by atoms with Gasteiger partial charge in [-0.2, -0.15) is 0 Å². The average molecular weight is 208 g/mol. The molecule has 15 heavy (non-hydrogen) atoms. The quantitative estimate of drug-likeness (QED) is 0.699. The Hall–Kier alpha value is -1.57. The van der Waals surface area contributed by atoms with Crippen molar-refractivity contribution in [3.63, 3.8) is 0 Å². The highest BCUT2D eigenvalue weighted by atomic mass is 16.2. The van der Waals surface area contributed by atoms with Gasteiger partial charge in [0.05, 0.1) is 0 Å². The smallest absolute Gasteiger partial charge is 0.250 e. The van der Waals surface area contributed by atoms with E-state index < -0.39 is 19.3 Å². The van der Waals surface area contributed by atoms with E-state index in [0.717, 1.165) is 6.08 Å². The molecular formula is C13H17NO. The molecule has 1 rings (SSSR count). The summed E-state index contributed by atoms with van der Waals surface area (Å²) in [5, 5.41) is 0. The van der Waals surface area contributed by atoms with Gasteiger partial charge < -0.3 is 4.90 Å². The van der Waals surface area contributed by atoms with Gasteiger partial charge in [0.25, 0.3) is 5.91 Å². The summed E-state index contributed by atoms with van der Waals surface area (Å²) in [7, 11) is 0. The maximum Gasteiger partial charge on any atom is 0.250 e. The highest BCUT2D eigenvalue weighted by Gasteiger charge is 2.11. The van der Waals surface area contributed by atoms with Crippen LogP contribution in [0.4, 0.5) is 5.69 Å². The van der Waals surface area contributed by atoms with E-state index in [1.807, 2.05) is 0 Å². The van der Waals surface area contributed by atoms with Crippen molar-refractivity contribution in [2.45, 2.75) is 20.7 Å². The molecular weight excluding hydrogens is 186 g/mol. The van der Waals surface area contributed by atoms with Crippen LogP contribution in [-0.2, 0) is 4.79 Å². The summed E-state index contributed by atoms with van der Waals surface area (Å²) < 4.78 is 37.8. The van der Waals surface area contributed by atoms with E-state index in [9.17, 15) is 4.79 Å². The van der Waals surface area contributed by atoms with Gasteiger partial charge in [0.1, 0.15) is 0 Å². The number of para-hydroxylation sites is 1. The third-order valence-corrected chi connectivity index (χ3v) is 2.00. The molecule has 0 saturated heterocycles. The number of anilines is 1. The second-order valence-electron chi connectivity index (χ2n) is 3.07. The molecule has 0 N–H and O–H groups in total. The number of carbonyl (C=O) groups excluding carboxylic acids is 1. The summed E-state index contributed by atoms with van der Waals surface area (Å²) in [6, 6.07) is 6.59. The lowest BCUT2D eigenvalue weighted by Gasteiger charge is -2.21.